The summed E-state index contributed by atoms with van der Waals surface area (Å²) in [5, 5.41) is 10.4. The minimum Gasteiger partial charge on any atom is -0.478 e. The highest BCUT2D eigenvalue weighted by Gasteiger charge is 2.15. The van der Waals surface area contributed by atoms with Gasteiger partial charge in [0.1, 0.15) is 0 Å². The second kappa shape index (κ2) is 4.46. The molecule has 0 saturated heterocycles. The number of pyridine rings is 1. The monoisotopic (exact) mass is 264 g/mol. The smallest absolute Gasteiger partial charge is 0.337 e. The van der Waals surface area contributed by atoms with Gasteiger partial charge in [0.2, 0.25) is 0 Å². The van der Waals surface area contributed by atoms with Crippen LogP contribution in [0, 0.1) is 6.92 Å². The predicted octanol–water partition coefficient (Wildman–Crippen LogP) is 2.96. The van der Waals surface area contributed by atoms with Crippen molar-refractivity contribution in [3.63, 3.8) is 0 Å². The number of carboxylic acids is 1. The summed E-state index contributed by atoms with van der Waals surface area (Å²) in [5.74, 6) is -1.02. The van der Waals surface area contributed by atoms with E-state index in [-0.39, 0.29) is 5.56 Å². The topological polar surface area (TPSA) is 53.4 Å². The molecule has 0 atom stereocenters. The molecule has 4 nitrogen and oxygen atoms in total. The lowest BCUT2D eigenvalue weighted by Crippen LogP contribution is -2.11. The number of rotatable bonds is 2. The Hall–Kier alpha value is -1.81. The average molecular weight is 265 g/mol. The van der Waals surface area contributed by atoms with Gasteiger partial charge in [-0.05, 0) is 25.1 Å². The molecule has 5 heteroatoms. The number of aromatic carboxylic acids is 1. The summed E-state index contributed by atoms with van der Waals surface area (Å²) in [7, 11) is 3.80. The number of aromatic nitrogens is 1. The van der Waals surface area contributed by atoms with E-state index in [1.165, 1.54) is 6.07 Å². The number of fused-ring (bicyclic) bond motifs is 1. The zero-order valence-electron chi connectivity index (χ0n) is 10.4. The van der Waals surface area contributed by atoms with Crippen molar-refractivity contribution in [3.8, 4) is 0 Å². The van der Waals surface area contributed by atoms with Crippen LogP contribution >= 0.6 is 11.6 Å². The molecule has 2 rings (SSSR count). The van der Waals surface area contributed by atoms with E-state index in [2.05, 4.69) is 4.98 Å². The summed E-state index contributed by atoms with van der Waals surface area (Å²) in [4.78, 5) is 17.5. The minimum atomic E-state index is -1.02. The van der Waals surface area contributed by atoms with Gasteiger partial charge in [-0.3, -0.25) is 4.98 Å². The maximum atomic E-state index is 11.2. The highest BCUT2D eigenvalue weighted by Crippen LogP contribution is 2.30. The number of nitrogens with zero attached hydrogens (tertiary/aromatic N) is 2. The largest absolute Gasteiger partial charge is 0.478 e. The Morgan fingerprint density at radius 3 is 2.56 bits per heavy atom. The third kappa shape index (κ3) is 2.11. The zero-order chi connectivity index (χ0) is 13.4. The van der Waals surface area contributed by atoms with Crippen molar-refractivity contribution in [2.75, 3.05) is 19.0 Å². The van der Waals surface area contributed by atoms with Gasteiger partial charge in [-0.1, -0.05) is 11.6 Å². The summed E-state index contributed by atoms with van der Waals surface area (Å²) >= 11 is 5.97. The van der Waals surface area contributed by atoms with Crippen LogP contribution in [-0.4, -0.2) is 30.2 Å². The second-order valence-corrected chi connectivity index (χ2v) is 4.77. The maximum absolute atomic E-state index is 11.2. The van der Waals surface area contributed by atoms with Crippen molar-refractivity contribution in [3.05, 3.63) is 34.5 Å². The summed E-state index contributed by atoms with van der Waals surface area (Å²) < 4.78 is 0. The van der Waals surface area contributed by atoms with Crippen LogP contribution in [0.15, 0.2) is 18.2 Å². The van der Waals surface area contributed by atoms with Gasteiger partial charge >= 0.3 is 5.97 Å². The van der Waals surface area contributed by atoms with Crippen LogP contribution in [0.25, 0.3) is 10.9 Å². The average Bonchev–Trinajstić information content (AvgIpc) is 2.27. The molecular formula is C13H13ClN2O2. The van der Waals surface area contributed by atoms with Crippen LogP contribution in [0.5, 0.6) is 0 Å². The number of aryl methyl sites for hydroxylation is 1. The van der Waals surface area contributed by atoms with Gasteiger partial charge in [-0.15, -0.1) is 0 Å². The molecule has 0 aliphatic rings. The Balaban J connectivity index is 2.94. The molecule has 0 aliphatic heterocycles. The van der Waals surface area contributed by atoms with Crippen molar-refractivity contribution in [1.82, 2.24) is 4.98 Å². The molecule has 0 aliphatic carbocycles. The van der Waals surface area contributed by atoms with Gasteiger partial charge in [0.05, 0.1) is 11.1 Å². The molecule has 0 spiro atoms. The second-order valence-electron chi connectivity index (χ2n) is 4.33. The van der Waals surface area contributed by atoms with E-state index in [9.17, 15) is 9.90 Å². The minimum absolute atomic E-state index is 0.129. The van der Waals surface area contributed by atoms with Gasteiger partial charge in [0.25, 0.3) is 0 Å². The first-order valence-electron chi connectivity index (χ1n) is 5.41. The zero-order valence-corrected chi connectivity index (χ0v) is 11.1. The number of carboxylic acid groups (broad SMARTS) is 1. The molecule has 0 saturated carbocycles. The fraction of sp³-hybridized carbons (Fsp3) is 0.231. The fourth-order valence-corrected chi connectivity index (χ4v) is 2.15. The lowest BCUT2D eigenvalue weighted by atomic mass is 10.1. The Morgan fingerprint density at radius 2 is 2.00 bits per heavy atom. The number of benzene rings is 1. The third-order valence-corrected chi connectivity index (χ3v) is 2.91. The van der Waals surface area contributed by atoms with E-state index in [1.54, 1.807) is 6.07 Å². The van der Waals surface area contributed by atoms with Crippen molar-refractivity contribution in [2.24, 2.45) is 0 Å². The Labute approximate surface area is 110 Å². The molecule has 0 bridgehead atoms. The molecule has 2 aromatic rings. The van der Waals surface area contributed by atoms with Crippen molar-refractivity contribution in [1.29, 1.82) is 0 Å². The molecule has 0 amide bonds. The van der Waals surface area contributed by atoms with Crippen LogP contribution in [0.3, 0.4) is 0 Å². The third-order valence-electron chi connectivity index (χ3n) is 2.70. The molecule has 0 fully saturated rings. The van der Waals surface area contributed by atoms with Crippen LogP contribution in [0.2, 0.25) is 5.02 Å². The first-order chi connectivity index (χ1) is 8.40. The van der Waals surface area contributed by atoms with E-state index in [1.807, 2.05) is 32.0 Å². The van der Waals surface area contributed by atoms with Gasteiger partial charge in [-0.2, -0.15) is 0 Å². The standard InChI is InChI=1S/C13H13ClN2O2/c1-7-4-11(16(2)3)9-5-8(14)6-10(13(17)18)12(9)15-7/h4-6H,1-3H3,(H,17,18). The fourth-order valence-electron chi connectivity index (χ4n) is 1.93. The molecule has 0 unspecified atom stereocenters. The van der Waals surface area contributed by atoms with E-state index in [0.29, 0.717) is 10.5 Å². The SMILES string of the molecule is Cc1cc(N(C)C)c2cc(Cl)cc(C(=O)O)c2n1. The Kier molecular flexibility index (Phi) is 3.13. The summed E-state index contributed by atoms with van der Waals surface area (Å²) in [6.07, 6.45) is 0. The molecule has 18 heavy (non-hydrogen) atoms. The number of anilines is 1. The summed E-state index contributed by atoms with van der Waals surface area (Å²) in [5.41, 5.74) is 2.28. The summed E-state index contributed by atoms with van der Waals surface area (Å²) in [6, 6.07) is 5.08. The van der Waals surface area contributed by atoms with Crippen LogP contribution in [0.4, 0.5) is 5.69 Å². The van der Waals surface area contributed by atoms with E-state index < -0.39 is 5.97 Å². The predicted molar refractivity (Wildman–Crippen MR) is 72.8 cm³/mol. The Bertz CT molecular complexity index is 638. The number of halogens is 1. The lowest BCUT2D eigenvalue weighted by molar-refractivity contribution is 0.0699. The molecule has 0 radical (unpaired) electrons. The first-order valence-corrected chi connectivity index (χ1v) is 5.79. The molecule has 1 N–H and O–H groups in total. The normalized spacial score (nSPS) is 10.7. The van der Waals surface area contributed by atoms with Crippen LogP contribution in [0.1, 0.15) is 16.1 Å². The van der Waals surface area contributed by atoms with E-state index >= 15 is 0 Å². The van der Waals surface area contributed by atoms with Gasteiger partial charge < -0.3 is 10.0 Å². The van der Waals surface area contributed by atoms with Gasteiger partial charge in [-0.25, -0.2) is 4.79 Å². The number of hydrogen-bond acceptors (Lipinski definition) is 3. The van der Waals surface area contributed by atoms with E-state index in [4.69, 9.17) is 11.6 Å². The lowest BCUT2D eigenvalue weighted by Gasteiger charge is -2.17. The van der Waals surface area contributed by atoms with Crippen LogP contribution < -0.4 is 4.90 Å². The first kappa shape index (κ1) is 12.6. The van der Waals surface area contributed by atoms with Crippen LogP contribution in [-0.2, 0) is 0 Å². The Morgan fingerprint density at radius 1 is 1.33 bits per heavy atom. The molecule has 94 valence electrons. The van der Waals surface area contributed by atoms with Gasteiger partial charge in [0.15, 0.2) is 0 Å². The molecular weight excluding hydrogens is 252 g/mol. The maximum Gasteiger partial charge on any atom is 0.337 e. The highest BCUT2D eigenvalue weighted by atomic mass is 35.5. The molecule has 1 heterocycles. The number of carbonyl (C=O) groups is 1. The summed E-state index contributed by atoms with van der Waals surface area (Å²) in [6.45, 7) is 1.84. The molecule has 1 aromatic heterocycles. The van der Waals surface area contributed by atoms with Crippen molar-refractivity contribution in [2.45, 2.75) is 6.92 Å². The molecule has 1 aromatic carbocycles. The van der Waals surface area contributed by atoms with E-state index in [0.717, 1.165) is 16.8 Å². The van der Waals surface area contributed by atoms with Gasteiger partial charge in [0, 0.05) is 35.9 Å². The highest BCUT2D eigenvalue weighted by molar-refractivity contribution is 6.32. The van der Waals surface area contributed by atoms with Crippen molar-refractivity contribution >= 4 is 34.2 Å². The number of hydrogen-bond donors (Lipinski definition) is 1. The quantitative estimate of drug-likeness (QED) is 0.906. The van der Waals surface area contributed by atoms with Crippen molar-refractivity contribution < 1.29 is 9.90 Å².